The summed E-state index contributed by atoms with van der Waals surface area (Å²) >= 11 is 0. The average Bonchev–Trinajstić information content (AvgIpc) is 2.49. The maximum Gasteiger partial charge on any atom is 0.133 e. The first kappa shape index (κ1) is 16.1. The Hall–Kier alpha value is -1.32. The SMILES string of the molecule is CCCc1nc(NC)cc(NC2CCC(CCC)CC2)n1. The second-order valence-corrected chi connectivity index (χ2v) is 6.21. The predicted molar refractivity (Wildman–Crippen MR) is 89.9 cm³/mol. The largest absolute Gasteiger partial charge is 0.373 e. The number of hydrogen-bond donors (Lipinski definition) is 2. The van der Waals surface area contributed by atoms with Crippen molar-refractivity contribution in [2.75, 3.05) is 17.7 Å². The third-order valence-corrected chi connectivity index (χ3v) is 4.40. The molecule has 4 nitrogen and oxygen atoms in total. The third kappa shape index (κ3) is 4.87. The molecule has 0 saturated heterocycles. The second-order valence-electron chi connectivity index (χ2n) is 6.21. The van der Waals surface area contributed by atoms with Gasteiger partial charge in [0, 0.05) is 25.6 Å². The summed E-state index contributed by atoms with van der Waals surface area (Å²) in [6.45, 7) is 4.46. The van der Waals surface area contributed by atoms with E-state index in [1.54, 1.807) is 0 Å². The van der Waals surface area contributed by atoms with Crippen molar-refractivity contribution in [3.63, 3.8) is 0 Å². The molecule has 1 fully saturated rings. The van der Waals surface area contributed by atoms with Gasteiger partial charge in [0.15, 0.2) is 0 Å². The molecule has 1 saturated carbocycles. The van der Waals surface area contributed by atoms with E-state index in [9.17, 15) is 0 Å². The fourth-order valence-electron chi connectivity index (χ4n) is 3.25. The molecular formula is C17H30N4. The first-order valence-corrected chi connectivity index (χ1v) is 8.57. The van der Waals surface area contributed by atoms with Gasteiger partial charge in [-0.1, -0.05) is 26.7 Å². The van der Waals surface area contributed by atoms with Crippen molar-refractivity contribution in [1.29, 1.82) is 0 Å². The highest BCUT2D eigenvalue weighted by Crippen LogP contribution is 2.29. The lowest BCUT2D eigenvalue weighted by Gasteiger charge is -2.29. The van der Waals surface area contributed by atoms with Gasteiger partial charge >= 0.3 is 0 Å². The minimum atomic E-state index is 0.576. The van der Waals surface area contributed by atoms with Crippen LogP contribution in [-0.2, 0) is 6.42 Å². The number of nitrogens with one attached hydrogen (secondary N) is 2. The standard InChI is InChI=1S/C17H30N4/c1-4-6-13-8-10-14(11-9-13)19-17-12-16(18-3)20-15(21-17)7-5-2/h12-14H,4-11H2,1-3H3,(H2,18,19,20,21). The lowest BCUT2D eigenvalue weighted by Crippen LogP contribution is -2.26. The van der Waals surface area contributed by atoms with Gasteiger partial charge in [-0.05, 0) is 38.0 Å². The predicted octanol–water partition coefficient (Wildman–Crippen LogP) is 4.24. The molecule has 0 radical (unpaired) electrons. The molecule has 2 N–H and O–H groups in total. The third-order valence-electron chi connectivity index (χ3n) is 4.40. The van der Waals surface area contributed by atoms with Crippen LogP contribution in [0, 0.1) is 5.92 Å². The van der Waals surface area contributed by atoms with E-state index in [-0.39, 0.29) is 0 Å². The van der Waals surface area contributed by atoms with Gasteiger partial charge in [-0.3, -0.25) is 0 Å². The Bertz CT molecular complexity index is 425. The van der Waals surface area contributed by atoms with E-state index < -0.39 is 0 Å². The zero-order chi connectivity index (χ0) is 15.1. The number of nitrogens with zero attached hydrogens (tertiary/aromatic N) is 2. The van der Waals surface area contributed by atoms with Gasteiger partial charge < -0.3 is 10.6 Å². The van der Waals surface area contributed by atoms with Crippen molar-refractivity contribution in [1.82, 2.24) is 9.97 Å². The Morgan fingerprint density at radius 1 is 1.05 bits per heavy atom. The maximum atomic E-state index is 4.66. The summed E-state index contributed by atoms with van der Waals surface area (Å²) in [4.78, 5) is 9.17. The molecule has 1 aromatic rings. The van der Waals surface area contributed by atoms with Crippen molar-refractivity contribution in [3.05, 3.63) is 11.9 Å². The van der Waals surface area contributed by atoms with Crippen LogP contribution in [0.4, 0.5) is 11.6 Å². The molecule has 0 bridgehead atoms. The fraction of sp³-hybridized carbons (Fsp3) is 0.765. The van der Waals surface area contributed by atoms with Crippen LogP contribution in [0.5, 0.6) is 0 Å². The number of aryl methyl sites for hydroxylation is 1. The Balaban J connectivity index is 1.94. The molecule has 2 rings (SSSR count). The van der Waals surface area contributed by atoms with Gasteiger partial charge in [0.25, 0.3) is 0 Å². The van der Waals surface area contributed by atoms with Crippen molar-refractivity contribution in [3.8, 4) is 0 Å². The van der Waals surface area contributed by atoms with Crippen molar-refractivity contribution < 1.29 is 0 Å². The lowest BCUT2D eigenvalue weighted by molar-refractivity contribution is 0.318. The summed E-state index contributed by atoms with van der Waals surface area (Å²) in [5, 5.41) is 6.76. The first-order chi connectivity index (χ1) is 10.2. The summed E-state index contributed by atoms with van der Waals surface area (Å²) < 4.78 is 0. The smallest absolute Gasteiger partial charge is 0.133 e. The second kappa shape index (κ2) is 8.20. The molecule has 0 spiro atoms. The van der Waals surface area contributed by atoms with Crippen LogP contribution >= 0.6 is 0 Å². The zero-order valence-electron chi connectivity index (χ0n) is 13.8. The molecule has 4 heteroatoms. The van der Waals surface area contributed by atoms with Crippen LogP contribution in [0.3, 0.4) is 0 Å². The lowest BCUT2D eigenvalue weighted by atomic mass is 9.83. The highest BCUT2D eigenvalue weighted by atomic mass is 15.1. The summed E-state index contributed by atoms with van der Waals surface area (Å²) in [7, 11) is 1.91. The van der Waals surface area contributed by atoms with E-state index in [0.29, 0.717) is 6.04 Å². The molecule has 1 aliphatic carbocycles. The Morgan fingerprint density at radius 2 is 1.76 bits per heavy atom. The van der Waals surface area contributed by atoms with Gasteiger partial charge in [0.05, 0.1) is 0 Å². The molecular weight excluding hydrogens is 260 g/mol. The van der Waals surface area contributed by atoms with Crippen molar-refractivity contribution in [2.24, 2.45) is 5.92 Å². The van der Waals surface area contributed by atoms with Crippen molar-refractivity contribution in [2.45, 2.75) is 71.3 Å². The van der Waals surface area contributed by atoms with Gasteiger partial charge in [0.1, 0.15) is 17.5 Å². The molecule has 1 aromatic heterocycles. The number of anilines is 2. The molecule has 0 unspecified atom stereocenters. The molecule has 21 heavy (non-hydrogen) atoms. The summed E-state index contributed by atoms with van der Waals surface area (Å²) in [5.74, 6) is 3.78. The molecule has 1 aliphatic rings. The van der Waals surface area contributed by atoms with Crippen LogP contribution in [0.1, 0.15) is 64.6 Å². The van der Waals surface area contributed by atoms with Crippen LogP contribution in [0.2, 0.25) is 0 Å². The van der Waals surface area contributed by atoms with Crippen LogP contribution in [0.15, 0.2) is 6.07 Å². The molecule has 0 atom stereocenters. The minimum absolute atomic E-state index is 0.576. The van der Waals surface area contributed by atoms with E-state index in [1.807, 2.05) is 13.1 Å². The average molecular weight is 290 g/mol. The van der Waals surface area contributed by atoms with E-state index in [4.69, 9.17) is 0 Å². The normalized spacial score (nSPS) is 22.0. The van der Waals surface area contributed by atoms with Crippen LogP contribution in [-0.4, -0.2) is 23.1 Å². The quantitative estimate of drug-likeness (QED) is 0.788. The summed E-state index contributed by atoms with van der Waals surface area (Å²) in [6, 6.07) is 2.60. The Labute approximate surface area is 129 Å². The molecule has 1 heterocycles. The van der Waals surface area contributed by atoms with E-state index in [1.165, 1.54) is 38.5 Å². The molecule has 0 aliphatic heterocycles. The first-order valence-electron chi connectivity index (χ1n) is 8.57. The Morgan fingerprint density at radius 3 is 2.38 bits per heavy atom. The number of hydrogen-bond acceptors (Lipinski definition) is 4. The number of aromatic nitrogens is 2. The maximum absolute atomic E-state index is 4.66. The van der Waals surface area contributed by atoms with Gasteiger partial charge in [-0.25, -0.2) is 9.97 Å². The van der Waals surface area contributed by atoms with Gasteiger partial charge in [-0.15, -0.1) is 0 Å². The monoisotopic (exact) mass is 290 g/mol. The Kier molecular flexibility index (Phi) is 6.27. The summed E-state index contributed by atoms with van der Waals surface area (Å²) in [5.41, 5.74) is 0. The van der Waals surface area contributed by atoms with Crippen molar-refractivity contribution >= 4 is 11.6 Å². The number of rotatable bonds is 7. The molecule has 0 aromatic carbocycles. The fourth-order valence-corrected chi connectivity index (χ4v) is 3.25. The molecule has 0 amide bonds. The summed E-state index contributed by atoms with van der Waals surface area (Å²) in [6.07, 6.45) is 9.99. The minimum Gasteiger partial charge on any atom is -0.373 e. The zero-order valence-corrected chi connectivity index (χ0v) is 13.8. The van der Waals surface area contributed by atoms with E-state index >= 15 is 0 Å². The van der Waals surface area contributed by atoms with Gasteiger partial charge in [-0.2, -0.15) is 0 Å². The van der Waals surface area contributed by atoms with Crippen LogP contribution < -0.4 is 10.6 Å². The topological polar surface area (TPSA) is 49.8 Å². The molecule has 118 valence electrons. The van der Waals surface area contributed by atoms with E-state index in [2.05, 4.69) is 34.4 Å². The van der Waals surface area contributed by atoms with E-state index in [0.717, 1.165) is 36.2 Å². The van der Waals surface area contributed by atoms with Crippen LogP contribution in [0.25, 0.3) is 0 Å². The van der Waals surface area contributed by atoms with Gasteiger partial charge in [0.2, 0.25) is 0 Å². The highest BCUT2D eigenvalue weighted by Gasteiger charge is 2.20. The highest BCUT2D eigenvalue weighted by molar-refractivity contribution is 5.47.